The minimum absolute atomic E-state index is 0.113. The molecule has 33 heavy (non-hydrogen) atoms. The molecule has 3 aromatic rings. The molecule has 0 unspecified atom stereocenters. The van der Waals surface area contributed by atoms with Crippen molar-refractivity contribution in [2.75, 3.05) is 29.7 Å². The number of carbonyl (C=O) groups excluding carboxylic acids is 1. The fourth-order valence-corrected chi connectivity index (χ4v) is 5.07. The standard InChI is InChI=1S/C24H31N5O3S/c1-17(30)25-18-9-11-19(12-10-18)33(31,32)27-20-7-5-8-21-22(20)26-23(24(2,3)4)29(21)16-15-28-13-6-14-28/h5,7-12,27H,6,13-16H2,1-4H3,(H,25,30). The number of para-hydroxylation sites is 1. The predicted molar refractivity (Wildman–Crippen MR) is 131 cm³/mol. The molecule has 1 amide bonds. The Bertz CT molecular complexity index is 1270. The van der Waals surface area contributed by atoms with E-state index in [-0.39, 0.29) is 16.2 Å². The number of imidazole rings is 1. The zero-order valence-electron chi connectivity index (χ0n) is 19.6. The Morgan fingerprint density at radius 3 is 2.33 bits per heavy atom. The summed E-state index contributed by atoms with van der Waals surface area (Å²) >= 11 is 0. The van der Waals surface area contributed by atoms with E-state index in [1.54, 1.807) is 18.2 Å². The first-order valence-corrected chi connectivity index (χ1v) is 12.7. The molecular formula is C24H31N5O3S. The maximum absolute atomic E-state index is 13.1. The predicted octanol–water partition coefficient (Wildman–Crippen LogP) is 3.80. The zero-order chi connectivity index (χ0) is 23.8. The number of amides is 1. The summed E-state index contributed by atoms with van der Waals surface area (Å²) < 4.78 is 31.1. The van der Waals surface area contributed by atoms with Gasteiger partial charge in [-0.1, -0.05) is 26.8 Å². The highest BCUT2D eigenvalue weighted by molar-refractivity contribution is 7.92. The molecule has 0 radical (unpaired) electrons. The molecule has 0 aliphatic carbocycles. The van der Waals surface area contributed by atoms with Crippen molar-refractivity contribution in [2.24, 2.45) is 0 Å². The smallest absolute Gasteiger partial charge is 0.261 e. The van der Waals surface area contributed by atoms with E-state index < -0.39 is 10.0 Å². The van der Waals surface area contributed by atoms with Crippen LogP contribution >= 0.6 is 0 Å². The fraction of sp³-hybridized carbons (Fsp3) is 0.417. The largest absolute Gasteiger partial charge is 0.326 e. The number of nitrogens with zero attached hydrogens (tertiary/aromatic N) is 3. The summed E-state index contributed by atoms with van der Waals surface area (Å²) in [5, 5.41) is 2.64. The van der Waals surface area contributed by atoms with E-state index in [2.05, 4.69) is 40.3 Å². The van der Waals surface area contributed by atoms with Crippen LogP contribution < -0.4 is 10.0 Å². The number of carbonyl (C=O) groups is 1. The molecule has 9 heteroatoms. The molecule has 1 saturated heterocycles. The van der Waals surface area contributed by atoms with E-state index >= 15 is 0 Å². The van der Waals surface area contributed by atoms with Gasteiger partial charge in [-0.05, 0) is 55.9 Å². The van der Waals surface area contributed by atoms with Crippen LogP contribution in [-0.2, 0) is 26.8 Å². The van der Waals surface area contributed by atoms with Gasteiger partial charge in [0.25, 0.3) is 10.0 Å². The Kier molecular flexibility index (Phi) is 6.20. The van der Waals surface area contributed by atoms with Crippen LogP contribution in [0.15, 0.2) is 47.4 Å². The Morgan fingerprint density at radius 1 is 1.06 bits per heavy atom. The minimum atomic E-state index is -3.83. The molecule has 0 atom stereocenters. The lowest BCUT2D eigenvalue weighted by molar-refractivity contribution is -0.114. The van der Waals surface area contributed by atoms with E-state index in [0.717, 1.165) is 37.5 Å². The van der Waals surface area contributed by atoms with Crippen molar-refractivity contribution in [3.63, 3.8) is 0 Å². The van der Waals surface area contributed by atoms with Crippen LogP contribution in [-0.4, -0.2) is 48.4 Å². The van der Waals surface area contributed by atoms with E-state index in [4.69, 9.17) is 4.98 Å². The van der Waals surface area contributed by atoms with Crippen LogP contribution in [0, 0.1) is 0 Å². The molecule has 0 saturated carbocycles. The van der Waals surface area contributed by atoms with Gasteiger partial charge in [-0.15, -0.1) is 0 Å². The van der Waals surface area contributed by atoms with E-state index in [9.17, 15) is 13.2 Å². The third-order valence-electron chi connectivity index (χ3n) is 5.77. The quantitative estimate of drug-likeness (QED) is 0.549. The van der Waals surface area contributed by atoms with Crippen molar-refractivity contribution in [1.82, 2.24) is 14.5 Å². The van der Waals surface area contributed by atoms with Crippen molar-refractivity contribution in [3.8, 4) is 0 Å². The first-order chi connectivity index (χ1) is 15.5. The second-order valence-electron chi connectivity index (χ2n) is 9.52. The van der Waals surface area contributed by atoms with E-state index in [0.29, 0.717) is 16.9 Å². The second-order valence-corrected chi connectivity index (χ2v) is 11.2. The number of likely N-dealkylation sites (tertiary alicyclic amines) is 1. The maximum Gasteiger partial charge on any atom is 0.261 e. The van der Waals surface area contributed by atoms with Crippen molar-refractivity contribution < 1.29 is 13.2 Å². The molecule has 0 spiro atoms. The molecule has 1 aliphatic heterocycles. The van der Waals surface area contributed by atoms with Crippen molar-refractivity contribution in [1.29, 1.82) is 0 Å². The summed E-state index contributed by atoms with van der Waals surface area (Å²) in [6.07, 6.45) is 1.24. The average Bonchev–Trinajstić information content (AvgIpc) is 3.07. The molecule has 2 aromatic carbocycles. The zero-order valence-corrected chi connectivity index (χ0v) is 20.4. The topological polar surface area (TPSA) is 96.3 Å². The van der Waals surface area contributed by atoms with Crippen LogP contribution in [0.2, 0.25) is 0 Å². The van der Waals surface area contributed by atoms with Crippen LogP contribution in [0.4, 0.5) is 11.4 Å². The van der Waals surface area contributed by atoms with Gasteiger partial charge >= 0.3 is 0 Å². The van der Waals surface area contributed by atoms with Crippen LogP contribution in [0.25, 0.3) is 11.0 Å². The summed E-state index contributed by atoms with van der Waals surface area (Å²) in [6.45, 7) is 11.8. The summed E-state index contributed by atoms with van der Waals surface area (Å²) in [4.78, 5) is 18.6. The SMILES string of the molecule is CC(=O)Nc1ccc(S(=O)(=O)Nc2cccc3c2nc(C(C)(C)C)n3CCN2CCC2)cc1. The van der Waals surface area contributed by atoms with Gasteiger partial charge in [0.2, 0.25) is 5.91 Å². The molecule has 1 fully saturated rings. The number of benzene rings is 2. The minimum Gasteiger partial charge on any atom is -0.326 e. The van der Waals surface area contributed by atoms with Crippen LogP contribution in [0.3, 0.4) is 0 Å². The van der Waals surface area contributed by atoms with Crippen LogP contribution in [0.5, 0.6) is 0 Å². The Morgan fingerprint density at radius 2 is 1.76 bits per heavy atom. The van der Waals surface area contributed by atoms with Gasteiger partial charge in [0.15, 0.2) is 0 Å². The normalized spacial score (nSPS) is 14.8. The molecule has 1 aliphatic rings. The van der Waals surface area contributed by atoms with Gasteiger partial charge in [-0.2, -0.15) is 0 Å². The van der Waals surface area contributed by atoms with Gasteiger partial charge in [-0.25, -0.2) is 13.4 Å². The summed E-state index contributed by atoms with van der Waals surface area (Å²) in [6, 6.07) is 11.7. The molecule has 2 heterocycles. The van der Waals surface area contributed by atoms with Gasteiger partial charge in [0, 0.05) is 31.1 Å². The Labute approximate surface area is 195 Å². The van der Waals surface area contributed by atoms with Crippen molar-refractivity contribution in [3.05, 3.63) is 48.3 Å². The first-order valence-electron chi connectivity index (χ1n) is 11.2. The number of sulfonamides is 1. The Hall–Kier alpha value is -2.91. The van der Waals surface area contributed by atoms with Gasteiger partial charge in [0.1, 0.15) is 11.3 Å². The lowest BCUT2D eigenvalue weighted by Gasteiger charge is -2.31. The van der Waals surface area contributed by atoms with Crippen LogP contribution in [0.1, 0.15) is 39.9 Å². The average molecular weight is 470 g/mol. The van der Waals surface area contributed by atoms with Crippen molar-refractivity contribution in [2.45, 2.75) is 51.0 Å². The lowest BCUT2D eigenvalue weighted by atomic mass is 9.95. The molecule has 176 valence electrons. The highest BCUT2D eigenvalue weighted by Crippen LogP contribution is 2.31. The molecule has 4 rings (SSSR count). The number of hydrogen-bond acceptors (Lipinski definition) is 5. The summed E-state index contributed by atoms with van der Waals surface area (Å²) in [5.41, 5.74) is 2.36. The number of fused-ring (bicyclic) bond motifs is 1. The summed E-state index contributed by atoms with van der Waals surface area (Å²) in [5.74, 6) is 0.721. The molecule has 0 bridgehead atoms. The van der Waals surface area contributed by atoms with Crippen molar-refractivity contribution >= 4 is 38.3 Å². The first kappa shape index (κ1) is 23.3. The number of hydrogen-bond donors (Lipinski definition) is 2. The highest BCUT2D eigenvalue weighted by Gasteiger charge is 2.26. The fourth-order valence-electron chi connectivity index (χ4n) is 4.00. The molecule has 1 aromatic heterocycles. The maximum atomic E-state index is 13.1. The molecular weight excluding hydrogens is 438 g/mol. The van der Waals surface area contributed by atoms with Gasteiger partial charge in [-0.3, -0.25) is 9.52 Å². The summed E-state index contributed by atoms with van der Waals surface area (Å²) in [7, 11) is -3.83. The van der Waals surface area contributed by atoms with E-state index in [1.807, 2.05) is 12.1 Å². The van der Waals surface area contributed by atoms with E-state index in [1.165, 1.54) is 25.5 Å². The number of nitrogens with one attached hydrogen (secondary N) is 2. The highest BCUT2D eigenvalue weighted by atomic mass is 32.2. The molecule has 2 N–H and O–H groups in total. The number of aromatic nitrogens is 2. The number of anilines is 2. The third-order valence-corrected chi connectivity index (χ3v) is 7.15. The Balaban J connectivity index is 1.67. The second kappa shape index (κ2) is 8.79. The van der Waals surface area contributed by atoms with Gasteiger partial charge < -0.3 is 14.8 Å². The third kappa shape index (κ3) is 5.04. The lowest BCUT2D eigenvalue weighted by Crippen LogP contribution is -2.39. The number of rotatable bonds is 7. The molecule has 8 nitrogen and oxygen atoms in total. The van der Waals surface area contributed by atoms with Gasteiger partial charge in [0.05, 0.1) is 16.1 Å². The monoisotopic (exact) mass is 469 g/mol.